The Kier molecular flexibility index (Phi) is 10.1. The number of carboxylic acid groups (broad SMARTS) is 1. The molecule has 0 spiro atoms. The highest BCUT2D eigenvalue weighted by Crippen LogP contribution is 2.40. The molecule has 2 aliphatic heterocycles. The summed E-state index contributed by atoms with van der Waals surface area (Å²) in [5.41, 5.74) is 3.56. The fourth-order valence-electron chi connectivity index (χ4n) is 4.70. The van der Waals surface area contributed by atoms with Crippen molar-refractivity contribution in [3.05, 3.63) is 107 Å². The van der Waals surface area contributed by atoms with Crippen LogP contribution in [0.4, 0.5) is 0 Å². The predicted octanol–water partition coefficient (Wildman–Crippen LogP) is 2.14. The second kappa shape index (κ2) is 14.6. The highest BCUT2D eigenvalue weighted by Gasteiger charge is 2.54. The number of nitrogens with zero attached hydrogens (tertiary/aromatic N) is 2. The number of fused-ring (bicyclic) bond motifs is 1. The van der Waals surface area contributed by atoms with E-state index < -0.39 is 53.8 Å². The molecule has 1 saturated heterocycles. The van der Waals surface area contributed by atoms with Crippen molar-refractivity contribution in [2.45, 2.75) is 24.4 Å². The monoisotopic (exact) mass is 648 g/mol. The van der Waals surface area contributed by atoms with Gasteiger partial charge in [0.25, 0.3) is 17.7 Å². The summed E-state index contributed by atoms with van der Waals surface area (Å²) < 4.78 is 10.2. The number of furan rings is 1. The molecule has 3 aromatic rings. The van der Waals surface area contributed by atoms with Gasteiger partial charge in [0.2, 0.25) is 5.71 Å². The Morgan fingerprint density at radius 2 is 1.72 bits per heavy atom. The van der Waals surface area contributed by atoms with E-state index in [1.807, 2.05) is 60.7 Å². The van der Waals surface area contributed by atoms with Crippen molar-refractivity contribution in [3.8, 4) is 0 Å². The van der Waals surface area contributed by atoms with Crippen molar-refractivity contribution < 1.29 is 47.9 Å². The molecule has 2 aliphatic rings. The molecule has 0 bridgehead atoms. The molecule has 14 nitrogen and oxygen atoms in total. The van der Waals surface area contributed by atoms with Gasteiger partial charge in [-0.05, 0) is 23.3 Å². The Bertz CT molecular complexity index is 1620. The number of benzene rings is 2. The molecule has 0 saturated carbocycles. The molecule has 5 rings (SSSR count). The highest BCUT2D eigenvalue weighted by molar-refractivity contribution is 8.00. The number of hydrogen-bond donors (Lipinski definition) is 3. The maximum absolute atomic E-state index is 13.3. The highest BCUT2D eigenvalue weighted by atomic mass is 32.2. The van der Waals surface area contributed by atoms with Crippen LogP contribution in [0.5, 0.6) is 0 Å². The minimum Gasteiger partial charge on any atom is -0.477 e. The van der Waals surface area contributed by atoms with E-state index in [0.717, 1.165) is 16.0 Å². The number of aliphatic carboxylic acids is 1. The van der Waals surface area contributed by atoms with Crippen LogP contribution in [0, 0.1) is 0 Å². The maximum Gasteiger partial charge on any atom is 0.352 e. The van der Waals surface area contributed by atoms with Gasteiger partial charge in [-0.2, -0.15) is 0 Å². The first-order valence-corrected chi connectivity index (χ1v) is 14.9. The third-order valence-electron chi connectivity index (χ3n) is 6.80. The van der Waals surface area contributed by atoms with E-state index in [9.17, 15) is 29.1 Å². The average molecular weight is 649 g/mol. The molecular weight excluding hydrogens is 620 g/mol. The topological polar surface area (TPSA) is 186 Å². The molecule has 0 unspecified atom stereocenters. The van der Waals surface area contributed by atoms with Crippen molar-refractivity contribution >= 4 is 47.1 Å². The lowest BCUT2D eigenvalue weighted by atomic mass is 10.0. The van der Waals surface area contributed by atoms with Gasteiger partial charge in [0, 0.05) is 18.2 Å². The van der Waals surface area contributed by atoms with Gasteiger partial charge in [-0.25, -0.2) is 10.3 Å². The number of thioether (sulfide) groups is 1. The van der Waals surface area contributed by atoms with Crippen molar-refractivity contribution in [2.24, 2.45) is 5.16 Å². The van der Waals surface area contributed by atoms with E-state index in [1.54, 1.807) is 0 Å². The molecule has 3 heterocycles. The number of hydrogen-bond acceptors (Lipinski definition) is 11. The Balaban J connectivity index is 1.22. The van der Waals surface area contributed by atoms with Crippen molar-refractivity contribution in [2.75, 3.05) is 19.0 Å². The molecular formula is C31H28N4O10S. The Labute approximate surface area is 266 Å². The minimum absolute atomic E-state index is 0.00269. The molecule has 2 atom stereocenters. The number of hydroxylamine groups is 1. The fourth-order valence-corrected chi connectivity index (χ4v) is 6.03. The van der Waals surface area contributed by atoms with Crippen LogP contribution in [0.15, 0.2) is 99.9 Å². The Morgan fingerprint density at radius 3 is 2.30 bits per heavy atom. The minimum atomic E-state index is -1.36. The van der Waals surface area contributed by atoms with Crippen LogP contribution in [0.3, 0.4) is 0 Å². The third-order valence-corrected chi connectivity index (χ3v) is 8.14. The summed E-state index contributed by atoms with van der Waals surface area (Å²) in [6, 6.07) is 20.4. The smallest absolute Gasteiger partial charge is 0.352 e. The lowest BCUT2D eigenvalue weighted by Crippen LogP contribution is -2.71. The lowest BCUT2D eigenvalue weighted by Gasteiger charge is -2.49. The largest absolute Gasteiger partial charge is 0.477 e. The molecule has 46 heavy (non-hydrogen) atoms. The second-order valence-electron chi connectivity index (χ2n) is 9.93. The number of rotatable bonds is 13. The van der Waals surface area contributed by atoms with Gasteiger partial charge in [-0.15, -0.1) is 11.8 Å². The van der Waals surface area contributed by atoms with Crippen LogP contribution >= 0.6 is 11.8 Å². The number of carboxylic acids is 1. The number of carbonyl (C=O) groups excluding carboxylic acids is 4. The number of ether oxygens (including phenoxy) is 1. The number of amides is 3. The zero-order valence-corrected chi connectivity index (χ0v) is 25.1. The van der Waals surface area contributed by atoms with E-state index in [2.05, 4.69) is 16.0 Å². The van der Waals surface area contributed by atoms with E-state index in [1.165, 1.54) is 37.1 Å². The van der Waals surface area contributed by atoms with Crippen molar-refractivity contribution in [1.29, 1.82) is 0 Å². The molecule has 2 aromatic carbocycles. The molecule has 0 radical (unpaired) electrons. The lowest BCUT2D eigenvalue weighted by molar-refractivity contribution is -0.150. The normalized spacial score (nSPS) is 17.6. The number of nitrogens with one attached hydrogen (secondary N) is 2. The summed E-state index contributed by atoms with van der Waals surface area (Å²) in [4.78, 5) is 74.0. The van der Waals surface area contributed by atoms with E-state index in [-0.39, 0.29) is 35.1 Å². The molecule has 15 heteroatoms. The van der Waals surface area contributed by atoms with Crippen LogP contribution in [0.1, 0.15) is 29.9 Å². The van der Waals surface area contributed by atoms with E-state index in [4.69, 9.17) is 18.8 Å². The Hall–Kier alpha value is -5.41. The molecule has 1 aromatic heterocycles. The molecule has 0 aliphatic carbocycles. The van der Waals surface area contributed by atoms with Crippen molar-refractivity contribution in [1.82, 2.24) is 15.7 Å². The van der Waals surface area contributed by atoms with Gasteiger partial charge in [-0.3, -0.25) is 28.9 Å². The number of β-lactam (4-membered cyclic amide) rings is 1. The van der Waals surface area contributed by atoms with Crippen LogP contribution in [-0.2, 0) is 38.4 Å². The van der Waals surface area contributed by atoms with Crippen LogP contribution < -0.4 is 10.8 Å². The summed E-state index contributed by atoms with van der Waals surface area (Å²) in [7, 11) is 0. The second-order valence-corrected chi connectivity index (χ2v) is 11.0. The number of esters is 1. The maximum atomic E-state index is 13.3. The van der Waals surface area contributed by atoms with Gasteiger partial charge in [0.05, 0.1) is 6.26 Å². The zero-order valence-electron chi connectivity index (χ0n) is 24.3. The van der Waals surface area contributed by atoms with E-state index >= 15 is 0 Å². The average Bonchev–Trinajstić information content (AvgIpc) is 3.59. The van der Waals surface area contributed by atoms with E-state index in [0.29, 0.717) is 0 Å². The third kappa shape index (κ3) is 7.27. The number of carbonyl (C=O) groups is 5. The zero-order chi connectivity index (χ0) is 32.6. The molecule has 3 amide bonds. The molecule has 238 valence electrons. The Morgan fingerprint density at radius 1 is 1.04 bits per heavy atom. The summed E-state index contributed by atoms with van der Waals surface area (Å²) in [6.45, 7) is 0.289. The predicted molar refractivity (Wildman–Crippen MR) is 161 cm³/mol. The van der Waals surface area contributed by atoms with Gasteiger partial charge < -0.3 is 24.4 Å². The summed E-state index contributed by atoms with van der Waals surface area (Å²) in [6.07, 6.45) is 0.694. The fraction of sp³-hybridized carbons (Fsp3) is 0.226. The first-order chi connectivity index (χ1) is 22.2. The van der Waals surface area contributed by atoms with Gasteiger partial charge >= 0.3 is 11.9 Å². The van der Waals surface area contributed by atoms with Gasteiger partial charge in [0.15, 0.2) is 12.4 Å². The summed E-state index contributed by atoms with van der Waals surface area (Å²) in [5, 5.41) is 15.4. The quantitative estimate of drug-likeness (QED) is 0.107. The standard InChI is InChI=1S/C31H28N4O10S/c1-18(36)43-15-21-17-46-30-25(29(39)35(30)26(21)31(40)41)32-28(38)24(22-13-8-14-42-22)34-44-16-23(37)33-45-27(19-9-4-2-5-10-19)20-11-6-3-7-12-20/h2-14,25,27,30H,15-17H2,1H3,(H,32,38)(H,33,37)(H,40,41)/t25-,30-/m1/s1. The number of oxime groups is 1. The van der Waals surface area contributed by atoms with Gasteiger partial charge in [-0.1, -0.05) is 65.8 Å². The molecule has 3 N–H and O–H groups in total. The van der Waals surface area contributed by atoms with Gasteiger partial charge in [0.1, 0.15) is 29.8 Å². The summed E-state index contributed by atoms with van der Waals surface area (Å²) >= 11 is 1.20. The first-order valence-electron chi connectivity index (χ1n) is 13.9. The van der Waals surface area contributed by atoms with Crippen LogP contribution in [-0.4, -0.2) is 75.8 Å². The SMILES string of the molecule is CC(=O)OCC1=C(C(=O)O)N2C(=O)[C@@H](NC(=O)C(=NOCC(=O)NOC(c3ccccc3)c3ccccc3)c3ccco3)[C@H]2SC1. The summed E-state index contributed by atoms with van der Waals surface area (Å²) in [5.74, 6) is -4.03. The first kappa shape index (κ1) is 32.0. The molecule has 1 fully saturated rings. The van der Waals surface area contributed by atoms with Crippen LogP contribution in [0.25, 0.3) is 0 Å². The van der Waals surface area contributed by atoms with Crippen LogP contribution in [0.2, 0.25) is 0 Å². The van der Waals surface area contributed by atoms with Crippen molar-refractivity contribution in [3.63, 3.8) is 0 Å².